The Hall–Kier alpha value is -2.41. The number of hydrogen-bond donors (Lipinski definition) is 0. The molecule has 0 aromatic heterocycles. The van der Waals surface area contributed by atoms with Crippen LogP contribution in [0.25, 0.3) is 0 Å². The van der Waals surface area contributed by atoms with Crippen molar-refractivity contribution in [2.24, 2.45) is 0 Å². The molecule has 1 aliphatic heterocycles. The molecule has 0 bridgehead atoms. The molecule has 0 radical (unpaired) electrons. The third-order valence-corrected chi connectivity index (χ3v) is 4.42. The molecular weight excluding hydrogens is 322 g/mol. The van der Waals surface area contributed by atoms with Crippen LogP contribution in [0.3, 0.4) is 0 Å². The van der Waals surface area contributed by atoms with E-state index in [1.165, 1.54) is 18.9 Å². The van der Waals surface area contributed by atoms with Crippen molar-refractivity contribution in [2.45, 2.75) is 13.8 Å². The molecule has 1 aromatic carbocycles. The highest BCUT2D eigenvalue weighted by Crippen LogP contribution is 2.18. The lowest BCUT2D eigenvalue weighted by Crippen LogP contribution is -2.51. The molecule has 1 aromatic rings. The van der Waals surface area contributed by atoms with Crippen LogP contribution in [0.15, 0.2) is 24.3 Å². The molecule has 1 fully saturated rings. The fraction of sp³-hybridized carbons (Fsp3) is 0.500. The molecule has 0 N–H and O–H groups in total. The molecule has 0 aliphatic carbocycles. The van der Waals surface area contributed by atoms with Crippen molar-refractivity contribution in [2.75, 3.05) is 51.3 Å². The molecule has 1 heterocycles. The number of piperazine rings is 1. The average molecular weight is 347 g/mol. The van der Waals surface area contributed by atoms with E-state index >= 15 is 0 Å². The lowest BCUT2D eigenvalue weighted by atomic mass is 10.2. The van der Waals surface area contributed by atoms with Gasteiger partial charge in [-0.25, -0.2) is 4.79 Å². The van der Waals surface area contributed by atoms with Crippen LogP contribution in [-0.4, -0.2) is 74.0 Å². The lowest BCUT2D eigenvalue weighted by Gasteiger charge is -2.35. The van der Waals surface area contributed by atoms with E-state index in [2.05, 4.69) is 11.8 Å². The first kappa shape index (κ1) is 18.9. The van der Waals surface area contributed by atoms with Gasteiger partial charge < -0.3 is 19.4 Å². The molecule has 1 aliphatic rings. The number of anilines is 1. The molecule has 2 amide bonds. The second-order valence-corrected chi connectivity index (χ2v) is 5.96. The van der Waals surface area contributed by atoms with E-state index < -0.39 is 5.97 Å². The van der Waals surface area contributed by atoms with Crippen LogP contribution in [-0.2, 0) is 14.3 Å². The summed E-state index contributed by atoms with van der Waals surface area (Å²) >= 11 is 0. The Balaban J connectivity index is 2.10. The highest BCUT2D eigenvalue weighted by molar-refractivity contribution is 5.99. The summed E-state index contributed by atoms with van der Waals surface area (Å²) in [4.78, 5) is 41.8. The van der Waals surface area contributed by atoms with E-state index in [4.69, 9.17) is 4.74 Å². The lowest BCUT2D eigenvalue weighted by molar-refractivity contribution is -0.132. The SMILES string of the molecule is CCN1CCN(C(=O)CN(C(C)=O)c2cccc(C(=O)OC)c2)CC1. The van der Waals surface area contributed by atoms with Crippen molar-refractivity contribution < 1.29 is 19.1 Å². The average Bonchev–Trinajstić information content (AvgIpc) is 2.65. The van der Waals surface area contributed by atoms with Crippen molar-refractivity contribution in [1.82, 2.24) is 9.80 Å². The van der Waals surface area contributed by atoms with Crippen molar-refractivity contribution in [1.29, 1.82) is 0 Å². The van der Waals surface area contributed by atoms with Gasteiger partial charge in [-0.3, -0.25) is 9.59 Å². The van der Waals surface area contributed by atoms with Gasteiger partial charge in [0.15, 0.2) is 0 Å². The fourth-order valence-corrected chi connectivity index (χ4v) is 2.85. The summed E-state index contributed by atoms with van der Waals surface area (Å²) in [6.45, 7) is 7.48. The standard InChI is InChI=1S/C18H25N3O4/c1-4-19-8-10-20(11-9-19)17(23)13-21(14(2)22)16-7-5-6-15(12-16)18(24)25-3/h5-7,12H,4,8-11,13H2,1-3H3. The maximum atomic E-state index is 12.6. The van der Waals surface area contributed by atoms with Gasteiger partial charge in [0, 0.05) is 38.8 Å². The van der Waals surface area contributed by atoms with Gasteiger partial charge in [0.05, 0.1) is 12.7 Å². The second-order valence-electron chi connectivity index (χ2n) is 5.96. The van der Waals surface area contributed by atoms with Crippen LogP contribution in [0.1, 0.15) is 24.2 Å². The summed E-state index contributed by atoms with van der Waals surface area (Å²) < 4.78 is 4.71. The van der Waals surface area contributed by atoms with Gasteiger partial charge in [0.25, 0.3) is 0 Å². The number of methoxy groups -OCH3 is 1. The zero-order chi connectivity index (χ0) is 18.4. The maximum Gasteiger partial charge on any atom is 0.337 e. The molecule has 7 nitrogen and oxygen atoms in total. The summed E-state index contributed by atoms with van der Waals surface area (Å²) in [6.07, 6.45) is 0. The smallest absolute Gasteiger partial charge is 0.337 e. The molecule has 0 saturated carbocycles. The van der Waals surface area contributed by atoms with E-state index in [-0.39, 0.29) is 18.4 Å². The Bertz CT molecular complexity index is 639. The van der Waals surface area contributed by atoms with Crippen molar-refractivity contribution in [3.8, 4) is 0 Å². The molecule has 0 atom stereocenters. The summed E-state index contributed by atoms with van der Waals surface area (Å²) in [5.74, 6) is -0.815. The quantitative estimate of drug-likeness (QED) is 0.743. The number of carbonyl (C=O) groups excluding carboxylic acids is 3. The predicted octanol–water partition coefficient (Wildman–Crippen LogP) is 0.990. The first-order chi connectivity index (χ1) is 12.0. The predicted molar refractivity (Wildman–Crippen MR) is 94.5 cm³/mol. The van der Waals surface area contributed by atoms with E-state index in [1.54, 1.807) is 29.2 Å². The maximum absolute atomic E-state index is 12.6. The largest absolute Gasteiger partial charge is 0.465 e. The Kier molecular flexibility index (Phi) is 6.52. The van der Waals surface area contributed by atoms with Gasteiger partial charge >= 0.3 is 5.97 Å². The van der Waals surface area contributed by atoms with Gasteiger partial charge in [-0.15, -0.1) is 0 Å². The fourth-order valence-electron chi connectivity index (χ4n) is 2.85. The molecule has 0 spiro atoms. The minimum absolute atomic E-state index is 0.0356. The molecule has 1 saturated heterocycles. The number of rotatable bonds is 5. The highest BCUT2D eigenvalue weighted by Gasteiger charge is 2.24. The monoisotopic (exact) mass is 347 g/mol. The van der Waals surface area contributed by atoms with E-state index in [0.29, 0.717) is 24.3 Å². The second kappa shape index (κ2) is 8.62. The van der Waals surface area contributed by atoms with Crippen LogP contribution in [0.5, 0.6) is 0 Å². The first-order valence-electron chi connectivity index (χ1n) is 8.42. The van der Waals surface area contributed by atoms with Gasteiger partial charge in [-0.1, -0.05) is 13.0 Å². The summed E-state index contributed by atoms with van der Waals surface area (Å²) in [5.41, 5.74) is 0.853. The number of amides is 2. The Morgan fingerprint density at radius 1 is 1.16 bits per heavy atom. The number of nitrogens with zero attached hydrogens (tertiary/aromatic N) is 3. The number of hydrogen-bond acceptors (Lipinski definition) is 5. The molecule has 2 rings (SSSR count). The van der Waals surface area contributed by atoms with Gasteiger partial charge in [0.2, 0.25) is 11.8 Å². The van der Waals surface area contributed by atoms with Crippen molar-refractivity contribution in [3.63, 3.8) is 0 Å². The molecule has 25 heavy (non-hydrogen) atoms. The summed E-state index contributed by atoms with van der Waals surface area (Å²) in [7, 11) is 1.30. The van der Waals surface area contributed by atoms with Gasteiger partial charge in [0.1, 0.15) is 6.54 Å². The molecule has 136 valence electrons. The van der Waals surface area contributed by atoms with E-state index in [1.807, 2.05) is 0 Å². The molecule has 7 heteroatoms. The van der Waals surface area contributed by atoms with Crippen molar-refractivity contribution >= 4 is 23.5 Å². The number of benzene rings is 1. The Morgan fingerprint density at radius 3 is 2.40 bits per heavy atom. The van der Waals surface area contributed by atoms with Crippen LogP contribution >= 0.6 is 0 Å². The van der Waals surface area contributed by atoms with Crippen LogP contribution in [0, 0.1) is 0 Å². The molecule has 0 unspecified atom stereocenters. The zero-order valence-electron chi connectivity index (χ0n) is 15.0. The Morgan fingerprint density at radius 2 is 1.84 bits per heavy atom. The minimum atomic E-state index is -0.479. The van der Waals surface area contributed by atoms with Crippen LogP contribution in [0.4, 0.5) is 5.69 Å². The normalized spacial score (nSPS) is 14.9. The first-order valence-corrected chi connectivity index (χ1v) is 8.42. The van der Waals surface area contributed by atoms with Crippen LogP contribution < -0.4 is 4.90 Å². The topological polar surface area (TPSA) is 70.2 Å². The third-order valence-electron chi connectivity index (χ3n) is 4.42. The summed E-state index contributed by atoms with van der Waals surface area (Å²) in [5, 5.41) is 0. The number of likely N-dealkylation sites (N-methyl/N-ethyl adjacent to an activating group) is 1. The zero-order valence-corrected chi connectivity index (χ0v) is 15.0. The van der Waals surface area contributed by atoms with E-state index in [0.717, 1.165) is 19.6 Å². The number of carbonyl (C=O) groups is 3. The van der Waals surface area contributed by atoms with Crippen molar-refractivity contribution in [3.05, 3.63) is 29.8 Å². The van der Waals surface area contributed by atoms with Gasteiger partial charge in [-0.2, -0.15) is 0 Å². The molecular formula is C18H25N3O4. The third kappa shape index (κ3) is 4.79. The number of esters is 1. The van der Waals surface area contributed by atoms with Crippen LogP contribution in [0.2, 0.25) is 0 Å². The number of ether oxygens (including phenoxy) is 1. The minimum Gasteiger partial charge on any atom is -0.465 e. The summed E-state index contributed by atoms with van der Waals surface area (Å²) in [6, 6.07) is 6.55. The van der Waals surface area contributed by atoms with E-state index in [9.17, 15) is 14.4 Å². The van der Waals surface area contributed by atoms with Gasteiger partial charge in [-0.05, 0) is 24.7 Å². The highest BCUT2D eigenvalue weighted by atomic mass is 16.5. The Labute approximate surface area is 148 Å².